The largest absolute Gasteiger partial charge is 0.453 e. The lowest BCUT2D eigenvalue weighted by molar-refractivity contribution is -0.130. The Morgan fingerprint density at radius 3 is 2.26 bits per heavy atom. The van der Waals surface area contributed by atoms with Crippen LogP contribution in [0.5, 0.6) is 0 Å². The number of aliphatic hydroxyl groups is 1. The minimum Gasteiger partial charge on any atom is -0.453 e. The molecule has 0 radical (unpaired) electrons. The summed E-state index contributed by atoms with van der Waals surface area (Å²) < 4.78 is 5.89. The third-order valence-corrected chi connectivity index (χ3v) is 4.59. The topological polar surface area (TPSA) is 70.8 Å². The molecule has 0 saturated heterocycles. The molecule has 0 bridgehead atoms. The Morgan fingerprint density at radius 1 is 1.11 bits per heavy atom. The van der Waals surface area contributed by atoms with Crippen molar-refractivity contribution in [3.63, 3.8) is 0 Å². The number of ketones is 1. The van der Waals surface area contributed by atoms with Gasteiger partial charge < -0.3 is 14.4 Å². The molecule has 2 aromatic rings. The van der Waals surface area contributed by atoms with Gasteiger partial charge in [0.15, 0.2) is 5.76 Å². The Bertz CT molecular complexity index is 808. The maximum absolute atomic E-state index is 12.9. The van der Waals surface area contributed by atoms with Gasteiger partial charge in [0, 0.05) is 29.5 Å². The summed E-state index contributed by atoms with van der Waals surface area (Å²) in [6.07, 6.45) is 1.90. The van der Waals surface area contributed by atoms with Gasteiger partial charge in [-0.15, -0.1) is 0 Å². The van der Waals surface area contributed by atoms with E-state index in [-0.39, 0.29) is 30.5 Å². The first-order chi connectivity index (χ1) is 12.7. The van der Waals surface area contributed by atoms with E-state index < -0.39 is 5.41 Å². The van der Waals surface area contributed by atoms with Crippen molar-refractivity contribution in [2.75, 3.05) is 13.1 Å². The summed E-state index contributed by atoms with van der Waals surface area (Å²) in [5.41, 5.74) is 1.31. The highest BCUT2D eigenvalue weighted by atomic mass is 16.3. The van der Waals surface area contributed by atoms with Gasteiger partial charge in [0.25, 0.3) is 0 Å². The van der Waals surface area contributed by atoms with Gasteiger partial charge in [-0.3, -0.25) is 9.59 Å². The average molecular weight is 373 g/mol. The van der Waals surface area contributed by atoms with Crippen molar-refractivity contribution in [3.05, 3.63) is 35.1 Å². The van der Waals surface area contributed by atoms with Crippen molar-refractivity contribution >= 4 is 22.7 Å². The zero-order valence-corrected chi connectivity index (χ0v) is 17.1. The van der Waals surface area contributed by atoms with Gasteiger partial charge in [-0.05, 0) is 30.5 Å². The average Bonchev–Trinajstić information content (AvgIpc) is 2.97. The lowest BCUT2D eigenvalue weighted by atomic mass is 9.87. The van der Waals surface area contributed by atoms with Crippen LogP contribution in [0.3, 0.4) is 0 Å². The predicted molar refractivity (Wildman–Crippen MR) is 107 cm³/mol. The SMILES string of the molecule is CCCN(CCC)C(=O)Cc1c(C(=O)C(C)(C)C)oc2ccc(CO)cc12. The van der Waals surface area contributed by atoms with Gasteiger partial charge in [-0.2, -0.15) is 0 Å². The third-order valence-electron chi connectivity index (χ3n) is 4.59. The second-order valence-corrected chi connectivity index (χ2v) is 8.04. The van der Waals surface area contributed by atoms with E-state index in [1.54, 1.807) is 12.1 Å². The molecule has 5 heteroatoms. The monoisotopic (exact) mass is 373 g/mol. The fraction of sp³-hybridized carbons (Fsp3) is 0.545. The number of aliphatic hydroxyl groups excluding tert-OH is 1. The summed E-state index contributed by atoms with van der Waals surface area (Å²) in [6.45, 7) is 10.9. The highest BCUT2D eigenvalue weighted by molar-refractivity contribution is 6.04. The Labute approximate surface area is 161 Å². The maximum Gasteiger partial charge on any atom is 0.227 e. The van der Waals surface area contributed by atoms with E-state index in [1.807, 2.05) is 45.6 Å². The summed E-state index contributed by atoms with van der Waals surface area (Å²) >= 11 is 0. The molecule has 1 aromatic heterocycles. The number of carbonyl (C=O) groups is 2. The second kappa shape index (κ2) is 8.70. The van der Waals surface area contributed by atoms with E-state index >= 15 is 0 Å². The number of furan rings is 1. The van der Waals surface area contributed by atoms with Crippen LogP contribution < -0.4 is 0 Å². The van der Waals surface area contributed by atoms with Gasteiger partial charge in [-0.1, -0.05) is 40.7 Å². The standard InChI is InChI=1S/C22H31NO4/c1-6-10-23(11-7-2)19(25)13-17-16-12-15(14-24)8-9-18(16)27-20(17)21(26)22(3,4)5/h8-9,12,24H,6-7,10-11,13-14H2,1-5H3. The number of hydrogen-bond acceptors (Lipinski definition) is 4. The fourth-order valence-corrected chi connectivity index (χ4v) is 3.16. The molecule has 1 aromatic carbocycles. The van der Waals surface area contributed by atoms with Crippen LogP contribution in [-0.4, -0.2) is 34.8 Å². The molecule has 2 rings (SSSR count). The van der Waals surface area contributed by atoms with Gasteiger partial charge in [0.05, 0.1) is 13.0 Å². The molecule has 0 atom stereocenters. The molecule has 0 unspecified atom stereocenters. The normalized spacial score (nSPS) is 11.8. The number of hydrogen-bond donors (Lipinski definition) is 1. The zero-order chi connectivity index (χ0) is 20.2. The molecule has 0 aliphatic rings. The van der Waals surface area contributed by atoms with Crippen molar-refractivity contribution in [1.82, 2.24) is 4.90 Å². The van der Waals surface area contributed by atoms with Crippen LogP contribution in [0, 0.1) is 5.41 Å². The van der Waals surface area contributed by atoms with E-state index in [4.69, 9.17) is 4.42 Å². The lowest BCUT2D eigenvalue weighted by Gasteiger charge is -2.22. The van der Waals surface area contributed by atoms with Crippen molar-refractivity contribution in [2.24, 2.45) is 5.41 Å². The maximum atomic E-state index is 12.9. The fourth-order valence-electron chi connectivity index (χ4n) is 3.16. The minimum absolute atomic E-state index is 0.00115. The number of carbonyl (C=O) groups excluding carboxylic acids is 2. The molecule has 0 saturated carbocycles. The Hall–Kier alpha value is -2.14. The van der Waals surface area contributed by atoms with E-state index in [1.165, 1.54) is 0 Å². The van der Waals surface area contributed by atoms with Crippen molar-refractivity contribution < 1.29 is 19.1 Å². The van der Waals surface area contributed by atoms with Crippen LogP contribution in [0.2, 0.25) is 0 Å². The molecule has 0 aliphatic carbocycles. The smallest absolute Gasteiger partial charge is 0.227 e. The zero-order valence-electron chi connectivity index (χ0n) is 17.1. The number of benzene rings is 1. The minimum atomic E-state index is -0.613. The van der Waals surface area contributed by atoms with Crippen molar-refractivity contribution in [2.45, 2.75) is 60.5 Å². The molecule has 0 fully saturated rings. The molecule has 148 valence electrons. The molecule has 5 nitrogen and oxygen atoms in total. The quantitative estimate of drug-likeness (QED) is 0.699. The summed E-state index contributed by atoms with van der Waals surface area (Å²) in [7, 11) is 0. The summed E-state index contributed by atoms with van der Waals surface area (Å²) in [5.74, 6) is 0.136. The first kappa shape index (κ1) is 21.2. The summed E-state index contributed by atoms with van der Waals surface area (Å²) in [5, 5.41) is 10.2. The molecule has 1 heterocycles. The number of rotatable bonds is 8. The van der Waals surface area contributed by atoms with Crippen LogP contribution in [-0.2, 0) is 17.8 Å². The Morgan fingerprint density at radius 2 is 1.74 bits per heavy atom. The third kappa shape index (κ3) is 4.78. The predicted octanol–water partition coefficient (Wildman–Crippen LogP) is 4.35. The van der Waals surface area contributed by atoms with Crippen molar-refractivity contribution in [1.29, 1.82) is 0 Å². The van der Waals surface area contributed by atoms with Gasteiger partial charge in [0.1, 0.15) is 5.58 Å². The lowest BCUT2D eigenvalue weighted by Crippen LogP contribution is -2.34. The van der Waals surface area contributed by atoms with Gasteiger partial charge in [-0.25, -0.2) is 0 Å². The van der Waals surface area contributed by atoms with Crippen LogP contribution in [0.25, 0.3) is 11.0 Å². The molecule has 1 amide bonds. The first-order valence-corrected chi connectivity index (χ1v) is 9.70. The number of fused-ring (bicyclic) bond motifs is 1. The number of amides is 1. The van der Waals surface area contributed by atoms with Gasteiger partial charge >= 0.3 is 0 Å². The molecule has 1 N–H and O–H groups in total. The van der Waals surface area contributed by atoms with E-state index in [2.05, 4.69) is 0 Å². The highest BCUT2D eigenvalue weighted by Crippen LogP contribution is 2.32. The van der Waals surface area contributed by atoms with E-state index in [9.17, 15) is 14.7 Å². The number of Topliss-reactive ketones (excluding diaryl/α,β-unsaturated/α-hetero) is 1. The number of nitrogens with zero attached hydrogens (tertiary/aromatic N) is 1. The molecular weight excluding hydrogens is 342 g/mol. The second-order valence-electron chi connectivity index (χ2n) is 8.04. The van der Waals surface area contributed by atoms with Crippen LogP contribution in [0.4, 0.5) is 0 Å². The molecular formula is C22H31NO4. The highest BCUT2D eigenvalue weighted by Gasteiger charge is 2.31. The first-order valence-electron chi connectivity index (χ1n) is 9.70. The molecule has 0 aliphatic heterocycles. The summed E-state index contributed by atoms with van der Waals surface area (Å²) in [4.78, 5) is 27.7. The molecule has 0 spiro atoms. The van der Waals surface area contributed by atoms with Crippen molar-refractivity contribution in [3.8, 4) is 0 Å². The van der Waals surface area contributed by atoms with Crippen LogP contribution in [0.15, 0.2) is 22.6 Å². The van der Waals surface area contributed by atoms with E-state index in [0.29, 0.717) is 24.2 Å². The Balaban J connectivity index is 2.53. The van der Waals surface area contributed by atoms with Gasteiger partial charge in [0.2, 0.25) is 11.7 Å². The Kier molecular flexibility index (Phi) is 6.82. The van der Waals surface area contributed by atoms with Crippen LogP contribution in [0.1, 0.15) is 69.1 Å². The van der Waals surface area contributed by atoms with E-state index in [0.717, 1.165) is 23.8 Å². The summed E-state index contributed by atoms with van der Waals surface area (Å²) in [6, 6.07) is 5.33. The van der Waals surface area contributed by atoms with Crippen LogP contribution >= 0.6 is 0 Å². The molecule has 27 heavy (non-hydrogen) atoms.